The van der Waals surface area contributed by atoms with Crippen LogP contribution in [0.15, 0.2) is 67.4 Å². The Morgan fingerprint density at radius 1 is 1.09 bits per heavy atom. The van der Waals surface area contributed by atoms with E-state index in [2.05, 4.69) is 20.1 Å². The summed E-state index contributed by atoms with van der Waals surface area (Å²) in [4.78, 5) is 27.9. The van der Waals surface area contributed by atoms with E-state index in [1.807, 2.05) is 38.2 Å². The van der Waals surface area contributed by atoms with Crippen LogP contribution in [-0.2, 0) is 6.54 Å². The molecule has 0 N–H and O–H groups in total. The second-order valence-electron chi connectivity index (χ2n) is 7.36. The maximum Gasteiger partial charge on any atom is 0.254 e. The van der Waals surface area contributed by atoms with Gasteiger partial charge in [0.15, 0.2) is 5.82 Å². The van der Waals surface area contributed by atoms with Crippen LogP contribution < -0.4 is 0 Å². The van der Waals surface area contributed by atoms with Gasteiger partial charge in [0.25, 0.3) is 5.91 Å². The summed E-state index contributed by atoms with van der Waals surface area (Å²) in [5.74, 6) is 0.0660. The van der Waals surface area contributed by atoms with Crippen molar-refractivity contribution in [1.29, 1.82) is 0 Å². The molecule has 4 rings (SSSR count). The monoisotopic (exact) mass is 430 g/mol. The fraction of sp³-hybridized carbons (Fsp3) is 0.208. The lowest BCUT2D eigenvalue weighted by molar-refractivity contribution is 0.0758. The Kier molecular flexibility index (Phi) is 6.30. The molecule has 0 aliphatic heterocycles. The number of amides is 1. The molecule has 4 aromatic rings. The van der Waals surface area contributed by atoms with Crippen molar-refractivity contribution < 1.29 is 9.18 Å². The second kappa shape index (κ2) is 9.47. The molecule has 162 valence electrons. The molecule has 32 heavy (non-hydrogen) atoms. The van der Waals surface area contributed by atoms with Gasteiger partial charge in [-0.05, 0) is 38.1 Å². The Bertz CT molecular complexity index is 1210. The summed E-state index contributed by atoms with van der Waals surface area (Å²) in [6.45, 7) is 5.45. The van der Waals surface area contributed by atoms with Gasteiger partial charge in [0.05, 0.1) is 30.2 Å². The highest BCUT2D eigenvalue weighted by Crippen LogP contribution is 2.23. The van der Waals surface area contributed by atoms with Crippen LogP contribution in [0.5, 0.6) is 0 Å². The number of benzene rings is 1. The molecule has 7 nitrogen and oxygen atoms in total. The maximum absolute atomic E-state index is 13.4. The minimum absolute atomic E-state index is 0.0776. The number of aromatic nitrogens is 5. The first-order valence-electron chi connectivity index (χ1n) is 10.4. The fourth-order valence-electron chi connectivity index (χ4n) is 3.43. The number of hydrogen-bond donors (Lipinski definition) is 0. The largest absolute Gasteiger partial charge is 0.337 e. The lowest BCUT2D eigenvalue weighted by atomic mass is 10.0. The molecule has 1 amide bonds. The molecule has 0 fully saturated rings. The Labute approximate surface area is 185 Å². The molecule has 0 aliphatic carbocycles. The second-order valence-corrected chi connectivity index (χ2v) is 7.36. The minimum Gasteiger partial charge on any atom is -0.337 e. The molecule has 1 aromatic carbocycles. The summed E-state index contributed by atoms with van der Waals surface area (Å²) in [6, 6.07) is 10.4. The number of rotatable bonds is 7. The van der Waals surface area contributed by atoms with Gasteiger partial charge in [-0.1, -0.05) is 17.7 Å². The maximum atomic E-state index is 13.4. The smallest absolute Gasteiger partial charge is 0.254 e. The first-order valence-corrected chi connectivity index (χ1v) is 10.4. The molecule has 0 spiro atoms. The van der Waals surface area contributed by atoms with E-state index in [4.69, 9.17) is 0 Å². The van der Waals surface area contributed by atoms with Crippen molar-refractivity contribution in [1.82, 2.24) is 29.6 Å². The van der Waals surface area contributed by atoms with Crippen molar-refractivity contribution in [3.63, 3.8) is 0 Å². The van der Waals surface area contributed by atoms with Crippen molar-refractivity contribution in [2.45, 2.75) is 20.4 Å². The van der Waals surface area contributed by atoms with Crippen LogP contribution in [0.3, 0.4) is 0 Å². The number of carbonyl (C=O) groups is 1. The van der Waals surface area contributed by atoms with Gasteiger partial charge < -0.3 is 4.90 Å². The number of aryl methyl sites for hydroxylation is 1. The topological polar surface area (TPSA) is 76.8 Å². The highest BCUT2D eigenvalue weighted by molar-refractivity contribution is 6.00. The van der Waals surface area contributed by atoms with Gasteiger partial charge in [-0.3, -0.25) is 14.5 Å². The van der Waals surface area contributed by atoms with Crippen molar-refractivity contribution in [3.05, 3.63) is 84.3 Å². The van der Waals surface area contributed by atoms with E-state index in [0.717, 1.165) is 11.1 Å². The van der Waals surface area contributed by atoms with E-state index >= 15 is 0 Å². The van der Waals surface area contributed by atoms with Gasteiger partial charge in [-0.2, -0.15) is 5.10 Å². The molecule has 0 bridgehead atoms. The average Bonchev–Trinajstić information content (AvgIpc) is 3.29. The molecule has 0 saturated heterocycles. The molecule has 0 radical (unpaired) electrons. The third-order valence-electron chi connectivity index (χ3n) is 5.14. The van der Waals surface area contributed by atoms with Crippen LogP contribution in [0.1, 0.15) is 22.8 Å². The van der Waals surface area contributed by atoms with Gasteiger partial charge >= 0.3 is 0 Å². The van der Waals surface area contributed by atoms with Crippen LogP contribution >= 0.6 is 0 Å². The number of likely N-dealkylation sites (N-methyl/N-ethyl adjacent to an activating group) is 1. The third-order valence-corrected chi connectivity index (χ3v) is 5.14. The Morgan fingerprint density at radius 3 is 2.62 bits per heavy atom. The Morgan fingerprint density at radius 2 is 1.91 bits per heavy atom. The van der Waals surface area contributed by atoms with Crippen LogP contribution in [0.2, 0.25) is 0 Å². The molecule has 3 aromatic heterocycles. The van der Waals surface area contributed by atoms with Gasteiger partial charge in [0.2, 0.25) is 0 Å². The molecule has 0 aliphatic rings. The van der Waals surface area contributed by atoms with E-state index in [-0.39, 0.29) is 11.7 Å². The van der Waals surface area contributed by atoms with Crippen LogP contribution in [0.25, 0.3) is 22.6 Å². The molecule has 0 atom stereocenters. The lowest BCUT2D eigenvalue weighted by Gasteiger charge is -2.22. The highest BCUT2D eigenvalue weighted by atomic mass is 19.1. The number of pyridine rings is 1. The van der Waals surface area contributed by atoms with Crippen molar-refractivity contribution in [2.24, 2.45) is 0 Å². The molecular weight excluding hydrogens is 407 g/mol. The van der Waals surface area contributed by atoms with Crippen LogP contribution in [0, 0.1) is 12.7 Å². The van der Waals surface area contributed by atoms with Gasteiger partial charge in [-0.15, -0.1) is 0 Å². The predicted molar refractivity (Wildman–Crippen MR) is 119 cm³/mol. The SMILES string of the molecule is CCN(CCn1cc(-c2ccc(F)cn2)cn1)C(=O)c1cc(C)ccc1-c1ncccn1. The number of halogens is 1. The zero-order valence-corrected chi connectivity index (χ0v) is 17.9. The third kappa shape index (κ3) is 4.69. The van der Waals surface area contributed by atoms with E-state index in [1.54, 1.807) is 40.3 Å². The molecule has 3 heterocycles. The number of nitrogens with zero attached hydrogens (tertiary/aromatic N) is 6. The highest BCUT2D eigenvalue weighted by Gasteiger charge is 2.20. The van der Waals surface area contributed by atoms with E-state index in [1.165, 1.54) is 12.3 Å². The number of carbonyl (C=O) groups excluding carboxylic acids is 1. The van der Waals surface area contributed by atoms with E-state index in [0.29, 0.717) is 42.3 Å². The van der Waals surface area contributed by atoms with Crippen LogP contribution in [-0.4, -0.2) is 48.6 Å². The fourth-order valence-corrected chi connectivity index (χ4v) is 3.43. The summed E-state index contributed by atoms with van der Waals surface area (Å²) in [7, 11) is 0. The predicted octanol–water partition coefficient (Wildman–Crippen LogP) is 4.01. The standard InChI is InChI=1S/C24H23FN6O/c1-3-30(11-12-31-16-18(14-29-31)22-8-6-19(25)15-28-22)24(32)21-13-17(2)5-7-20(21)23-26-9-4-10-27-23/h4-10,13-16H,3,11-12H2,1-2H3. The van der Waals surface area contributed by atoms with Crippen molar-refractivity contribution in [2.75, 3.05) is 13.1 Å². The zero-order chi connectivity index (χ0) is 22.5. The van der Waals surface area contributed by atoms with Crippen LogP contribution in [0.4, 0.5) is 4.39 Å². The normalized spacial score (nSPS) is 10.8. The molecule has 0 saturated carbocycles. The van der Waals surface area contributed by atoms with Gasteiger partial charge in [-0.25, -0.2) is 14.4 Å². The zero-order valence-electron chi connectivity index (χ0n) is 17.9. The Hall–Kier alpha value is -3.94. The van der Waals surface area contributed by atoms with E-state index in [9.17, 15) is 9.18 Å². The van der Waals surface area contributed by atoms with Gasteiger partial charge in [0, 0.05) is 42.8 Å². The first-order chi connectivity index (χ1) is 15.5. The van der Waals surface area contributed by atoms with Crippen molar-refractivity contribution in [3.8, 4) is 22.6 Å². The summed E-state index contributed by atoms with van der Waals surface area (Å²) < 4.78 is 14.9. The van der Waals surface area contributed by atoms with E-state index < -0.39 is 0 Å². The number of hydrogen-bond acceptors (Lipinski definition) is 5. The average molecular weight is 430 g/mol. The molecule has 8 heteroatoms. The first kappa shape index (κ1) is 21.3. The van der Waals surface area contributed by atoms with Crippen molar-refractivity contribution >= 4 is 5.91 Å². The summed E-state index contributed by atoms with van der Waals surface area (Å²) >= 11 is 0. The lowest BCUT2D eigenvalue weighted by Crippen LogP contribution is -2.34. The van der Waals surface area contributed by atoms with Gasteiger partial charge in [0.1, 0.15) is 5.82 Å². The summed E-state index contributed by atoms with van der Waals surface area (Å²) in [5.41, 5.74) is 3.72. The molecular formula is C24H23FN6O. The quantitative estimate of drug-likeness (QED) is 0.443. The summed E-state index contributed by atoms with van der Waals surface area (Å²) in [6.07, 6.45) is 8.04. The summed E-state index contributed by atoms with van der Waals surface area (Å²) in [5, 5.41) is 4.36. The Balaban J connectivity index is 1.51. The molecule has 0 unspecified atom stereocenters. The minimum atomic E-state index is -0.380.